The second-order valence-corrected chi connectivity index (χ2v) is 3.78. The molecule has 1 aromatic heterocycles. The molecule has 0 aliphatic heterocycles. The van der Waals surface area contributed by atoms with E-state index < -0.39 is 0 Å². The lowest BCUT2D eigenvalue weighted by atomic mass is 10.00. The van der Waals surface area contributed by atoms with Crippen LogP contribution in [0.2, 0.25) is 0 Å². The maximum Gasteiger partial charge on any atom is 0.273 e. The van der Waals surface area contributed by atoms with E-state index in [-0.39, 0.29) is 16.5 Å². The van der Waals surface area contributed by atoms with Crippen LogP contribution in [0.5, 0.6) is 0 Å². The summed E-state index contributed by atoms with van der Waals surface area (Å²) in [5.41, 5.74) is 1.74. The van der Waals surface area contributed by atoms with Crippen molar-refractivity contribution in [2.45, 2.75) is 19.8 Å². The molecule has 5 heteroatoms. The first-order chi connectivity index (χ1) is 7.09. The van der Waals surface area contributed by atoms with E-state index in [9.17, 15) is 10.1 Å². The monoisotopic (exact) mass is 205 g/mol. The van der Waals surface area contributed by atoms with E-state index in [1.54, 1.807) is 18.3 Å². The van der Waals surface area contributed by atoms with Crippen molar-refractivity contribution in [3.63, 3.8) is 0 Å². The molecular formula is C10H11N3O2. The molecule has 0 saturated carbocycles. The molecular weight excluding hydrogens is 194 g/mol. The summed E-state index contributed by atoms with van der Waals surface area (Å²) >= 11 is 0. The Bertz CT molecular complexity index is 516. The van der Waals surface area contributed by atoms with Crippen molar-refractivity contribution in [1.82, 2.24) is 10.2 Å². The van der Waals surface area contributed by atoms with Gasteiger partial charge in [0.1, 0.15) is 0 Å². The highest BCUT2D eigenvalue weighted by atomic mass is 16.6. The van der Waals surface area contributed by atoms with Crippen molar-refractivity contribution >= 4 is 16.6 Å². The molecule has 0 saturated heterocycles. The van der Waals surface area contributed by atoms with Gasteiger partial charge in [-0.05, 0) is 12.0 Å². The van der Waals surface area contributed by atoms with Crippen LogP contribution < -0.4 is 0 Å². The Labute approximate surface area is 86.3 Å². The summed E-state index contributed by atoms with van der Waals surface area (Å²) in [5.74, 6) is 0.123. The molecule has 0 atom stereocenters. The second kappa shape index (κ2) is 3.34. The third-order valence-electron chi connectivity index (χ3n) is 2.41. The van der Waals surface area contributed by atoms with Crippen LogP contribution in [0, 0.1) is 10.1 Å². The van der Waals surface area contributed by atoms with Gasteiger partial charge in [-0.1, -0.05) is 13.8 Å². The van der Waals surface area contributed by atoms with E-state index in [1.165, 1.54) is 0 Å². The lowest BCUT2D eigenvalue weighted by molar-refractivity contribution is -0.385. The lowest BCUT2D eigenvalue weighted by Gasteiger charge is -2.05. The Kier molecular flexibility index (Phi) is 2.15. The first kappa shape index (κ1) is 9.64. The number of nitrogens with zero attached hydrogens (tertiary/aromatic N) is 2. The molecule has 0 unspecified atom stereocenters. The van der Waals surface area contributed by atoms with Crippen LogP contribution in [0.3, 0.4) is 0 Å². The van der Waals surface area contributed by atoms with Gasteiger partial charge in [0.05, 0.1) is 16.6 Å². The first-order valence-electron chi connectivity index (χ1n) is 4.71. The maximum atomic E-state index is 10.9. The summed E-state index contributed by atoms with van der Waals surface area (Å²) in [6.07, 6.45) is 1.59. The standard InChI is InChI=1S/C10H11N3O2/c1-6(2)8-4-9-7(5-11-12-9)3-10(8)13(14)15/h3-6H,1-2H3,(H,11,12). The van der Waals surface area contributed by atoms with Crippen molar-refractivity contribution in [1.29, 1.82) is 0 Å². The third kappa shape index (κ3) is 1.56. The molecule has 0 spiro atoms. The van der Waals surface area contributed by atoms with E-state index in [0.717, 1.165) is 16.5 Å². The van der Waals surface area contributed by atoms with Gasteiger partial charge >= 0.3 is 0 Å². The Balaban J connectivity index is 2.73. The van der Waals surface area contributed by atoms with Gasteiger partial charge < -0.3 is 0 Å². The number of fused-ring (bicyclic) bond motifs is 1. The molecule has 1 N–H and O–H groups in total. The Morgan fingerprint density at radius 3 is 2.80 bits per heavy atom. The molecule has 1 heterocycles. The number of nitro benzene ring substituents is 1. The zero-order chi connectivity index (χ0) is 11.0. The molecule has 0 fully saturated rings. The molecule has 78 valence electrons. The van der Waals surface area contributed by atoms with Crippen molar-refractivity contribution in [2.75, 3.05) is 0 Å². The molecule has 0 aliphatic carbocycles. The van der Waals surface area contributed by atoms with Crippen LogP contribution in [0.1, 0.15) is 25.3 Å². The van der Waals surface area contributed by atoms with Crippen molar-refractivity contribution in [3.05, 3.63) is 34.0 Å². The summed E-state index contributed by atoms with van der Waals surface area (Å²) in [6, 6.07) is 3.36. The SMILES string of the molecule is CC(C)c1cc2[nH]ncc2cc1[N+](=O)[O-]. The minimum Gasteiger partial charge on any atom is -0.278 e. The van der Waals surface area contributed by atoms with E-state index in [4.69, 9.17) is 0 Å². The summed E-state index contributed by atoms with van der Waals surface area (Å²) in [4.78, 5) is 10.5. The van der Waals surface area contributed by atoms with Gasteiger partial charge in [-0.2, -0.15) is 5.10 Å². The van der Waals surface area contributed by atoms with Crippen LogP contribution in [-0.4, -0.2) is 15.1 Å². The molecule has 15 heavy (non-hydrogen) atoms. The quantitative estimate of drug-likeness (QED) is 0.605. The van der Waals surface area contributed by atoms with E-state index in [2.05, 4.69) is 10.2 Å². The largest absolute Gasteiger partial charge is 0.278 e. The fraction of sp³-hybridized carbons (Fsp3) is 0.300. The molecule has 1 aromatic carbocycles. The molecule has 2 rings (SSSR count). The Hall–Kier alpha value is -1.91. The van der Waals surface area contributed by atoms with Crippen LogP contribution in [0.25, 0.3) is 10.9 Å². The van der Waals surface area contributed by atoms with Gasteiger partial charge in [-0.3, -0.25) is 15.2 Å². The van der Waals surface area contributed by atoms with Gasteiger partial charge in [0, 0.05) is 17.0 Å². The fourth-order valence-corrected chi connectivity index (χ4v) is 1.62. The van der Waals surface area contributed by atoms with E-state index in [1.807, 2.05) is 13.8 Å². The van der Waals surface area contributed by atoms with E-state index in [0.29, 0.717) is 0 Å². The van der Waals surface area contributed by atoms with Crippen LogP contribution in [0.4, 0.5) is 5.69 Å². The normalized spacial score (nSPS) is 11.1. The van der Waals surface area contributed by atoms with Gasteiger partial charge in [0.2, 0.25) is 0 Å². The van der Waals surface area contributed by atoms with Crippen molar-refractivity contribution in [3.8, 4) is 0 Å². The number of nitrogens with one attached hydrogen (secondary N) is 1. The highest BCUT2D eigenvalue weighted by Crippen LogP contribution is 2.29. The zero-order valence-electron chi connectivity index (χ0n) is 8.52. The Morgan fingerprint density at radius 2 is 2.20 bits per heavy atom. The van der Waals surface area contributed by atoms with Crippen molar-refractivity contribution in [2.24, 2.45) is 0 Å². The van der Waals surface area contributed by atoms with Crippen molar-refractivity contribution < 1.29 is 4.92 Å². The maximum absolute atomic E-state index is 10.9. The number of aromatic nitrogens is 2. The molecule has 0 amide bonds. The first-order valence-corrected chi connectivity index (χ1v) is 4.71. The van der Waals surface area contributed by atoms with E-state index >= 15 is 0 Å². The summed E-state index contributed by atoms with van der Waals surface area (Å²) in [7, 11) is 0. The molecule has 0 bridgehead atoms. The minimum atomic E-state index is -0.345. The predicted octanol–water partition coefficient (Wildman–Crippen LogP) is 2.59. The van der Waals surface area contributed by atoms with Gasteiger partial charge in [0.25, 0.3) is 5.69 Å². The lowest BCUT2D eigenvalue weighted by Crippen LogP contribution is -1.97. The number of hydrogen-bond donors (Lipinski definition) is 1. The highest BCUT2D eigenvalue weighted by Gasteiger charge is 2.17. The number of aromatic amines is 1. The van der Waals surface area contributed by atoms with Gasteiger partial charge in [-0.25, -0.2) is 0 Å². The predicted molar refractivity (Wildman–Crippen MR) is 56.8 cm³/mol. The van der Waals surface area contributed by atoms with Gasteiger partial charge in [0.15, 0.2) is 0 Å². The summed E-state index contributed by atoms with van der Waals surface area (Å²) < 4.78 is 0. The van der Waals surface area contributed by atoms with Gasteiger partial charge in [-0.15, -0.1) is 0 Å². The number of rotatable bonds is 2. The Morgan fingerprint density at radius 1 is 1.47 bits per heavy atom. The fourth-order valence-electron chi connectivity index (χ4n) is 1.62. The molecule has 5 nitrogen and oxygen atoms in total. The average Bonchev–Trinajstić information content (AvgIpc) is 2.61. The summed E-state index contributed by atoms with van der Waals surface area (Å²) in [6.45, 7) is 3.87. The number of benzene rings is 1. The molecule has 0 aliphatic rings. The number of nitro groups is 1. The number of H-pyrrole nitrogens is 1. The minimum absolute atomic E-state index is 0.123. The van der Waals surface area contributed by atoms with Crippen LogP contribution in [0.15, 0.2) is 18.3 Å². The molecule has 0 radical (unpaired) electrons. The smallest absolute Gasteiger partial charge is 0.273 e. The topological polar surface area (TPSA) is 71.8 Å². The van der Waals surface area contributed by atoms with Crippen LogP contribution >= 0.6 is 0 Å². The second-order valence-electron chi connectivity index (χ2n) is 3.78. The molecule has 2 aromatic rings. The average molecular weight is 205 g/mol. The van der Waals surface area contributed by atoms with Crippen LogP contribution in [-0.2, 0) is 0 Å². The summed E-state index contributed by atoms with van der Waals surface area (Å²) in [5, 5.41) is 18.3. The zero-order valence-corrected chi connectivity index (χ0v) is 8.52. The highest BCUT2D eigenvalue weighted by molar-refractivity contribution is 5.82. The third-order valence-corrected chi connectivity index (χ3v) is 2.41. The number of hydrogen-bond acceptors (Lipinski definition) is 3.